The molecule has 0 spiro atoms. The van der Waals surface area contributed by atoms with Crippen molar-refractivity contribution in [1.82, 2.24) is 10.2 Å². The van der Waals surface area contributed by atoms with Crippen molar-refractivity contribution in [3.05, 3.63) is 12.2 Å². The highest BCUT2D eigenvalue weighted by Gasteiger charge is 2.57. The van der Waals surface area contributed by atoms with Crippen LogP contribution in [0.25, 0.3) is 0 Å². The summed E-state index contributed by atoms with van der Waals surface area (Å²) in [5.74, 6) is -2.21. The van der Waals surface area contributed by atoms with Crippen LogP contribution in [0.2, 0.25) is 0 Å². The Morgan fingerprint density at radius 2 is 1.71 bits per heavy atom. The minimum Gasteiger partial charge on any atom is -0.466 e. The van der Waals surface area contributed by atoms with E-state index in [1.807, 2.05) is 32.9 Å². The highest BCUT2D eigenvalue weighted by molar-refractivity contribution is 5.96. The predicted octanol–water partition coefficient (Wildman–Crippen LogP) is 4.09. The first-order valence-electron chi connectivity index (χ1n) is 13.4. The van der Waals surface area contributed by atoms with Crippen molar-refractivity contribution >= 4 is 17.8 Å². The molecule has 1 aliphatic heterocycles. The molecule has 2 rings (SSSR count). The lowest BCUT2D eigenvalue weighted by Crippen LogP contribution is -2.54. The van der Waals surface area contributed by atoms with E-state index in [-0.39, 0.29) is 48.2 Å². The molecule has 1 saturated heterocycles. The first kappa shape index (κ1) is 29.3. The van der Waals surface area contributed by atoms with Crippen LogP contribution in [0.15, 0.2) is 12.2 Å². The fraction of sp³-hybridized carbons (Fsp3) is 0.821. The van der Waals surface area contributed by atoms with Gasteiger partial charge >= 0.3 is 5.97 Å². The molecule has 2 N–H and O–H groups in total. The number of aliphatic hydroxyl groups is 1. The molecular formula is C28H48N2O5. The van der Waals surface area contributed by atoms with E-state index in [2.05, 4.69) is 26.1 Å². The summed E-state index contributed by atoms with van der Waals surface area (Å²) in [6.45, 7) is 15.2. The number of likely N-dealkylation sites (tertiary alicyclic amines) is 1. The van der Waals surface area contributed by atoms with Gasteiger partial charge in [-0.1, -0.05) is 52.7 Å². The van der Waals surface area contributed by atoms with E-state index in [4.69, 9.17) is 9.84 Å². The summed E-state index contributed by atoms with van der Waals surface area (Å²) in [6, 6.07) is -0.643. The topological polar surface area (TPSA) is 95.9 Å². The number of carbonyl (C=O) groups excluding carboxylic acids is 3. The van der Waals surface area contributed by atoms with Crippen LogP contribution in [0.4, 0.5) is 0 Å². The second kappa shape index (κ2) is 12.4. The van der Waals surface area contributed by atoms with E-state index < -0.39 is 23.4 Å². The molecule has 0 aromatic carbocycles. The van der Waals surface area contributed by atoms with Crippen LogP contribution in [0.3, 0.4) is 0 Å². The van der Waals surface area contributed by atoms with Gasteiger partial charge < -0.3 is 20.1 Å². The van der Waals surface area contributed by atoms with Crippen LogP contribution < -0.4 is 5.32 Å². The summed E-state index contributed by atoms with van der Waals surface area (Å²) in [5, 5.41) is 12.3. The normalized spacial score (nSPS) is 26.6. The summed E-state index contributed by atoms with van der Waals surface area (Å²) in [4.78, 5) is 42.3. The van der Waals surface area contributed by atoms with Gasteiger partial charge in [0.25, 0.3) is 0 Å². The van der Waals surface area contributed by atoms with Crippen molar-refractivity contribution in [2.45, 2.75) is 98.6 Å². The number of esters is 1. The van der Waals surface area contributed by atoms with Crippen LogP contribution in [0.5, 0.6) is 0 Å². The molecule has 2 aliphatic rings. The fourth-order valence-electron chi connectivity index (χ4n) is 6.21. The number of unbranched alkanes of at least 4 members (excludes halogenated alkanes) is 3. The van der Waals surface area contributed by atoms with E-state index >= 15 is 0 Å². The Morgan fingerprint density at radius 3 is 2.29 bits per heavy atom. The molecule has 1 fully saturated rings. The van der Waals surface area contributed by atoms with Gasteiger partial charge in [-0.15, -0.1) is 0 Å². The molecule has 1 heterocycles. The van der Waals surface area contributed by atoms with Gasteiger partial charge in [0.2, 0.25) is 11.8 Å². The molecule has 7 nitrogen and oxygen atoms in total. The number of aliphatic hydroxyl groups excluding tert-OH is 1. The lowest BCUT2D eigenvalue weighted by molar-refractivity contribution is -0.155. The Balaban J connectivity index is 2.36. The quantitative estimate of drug-likeness (QED) is 0.243. The smallest absolute Gasteiger partial charge is 0.310 e. The number of nitrogens with zero attached hydrogens (tertiary/aromatic N) is 1. The number of nitrogens with one attached hydrogen (secondary N) is 1. The van der Waals surface area contributed by atoms with Gasteiger partial charge in [-0.3, -0.25) is 14.4 Å². The first-order valence-corrected chi connectivity index (χ1v) is 13.4. The lowest BCUT2D eigenvalue weighted by atomic mass is 9.69. The van der Waals surface area contributed by atoms with Crippen LogP contribution in [-0.4, -0.2) is 59.1 Å². The van der Waals surface area contributed by atoms with E-state index in [1.54, 1.807) is 11.8 Å². The van der Waals surface area contributed by atoms with Crippen LogP contribution >= 0.6 is 0 Å². The molecule has 0 saturated carbocycles. The Hall–Kier alpha value is -1.89. The van der Waals surface area contributed by atoms with Gasteiger partial charge in [0, 0.05) is 24.6 Å². The highest BCUT2D eigenvalue weighted by atomic mass is 16.5. The summed E-state index contributed by atoms with van der Waals surface area (Å²) in [6.07, 6.45) is 8.78. The molecule has 2 amide bonds. The van der Waals surface area contributed by atoms with Gasteiger partial charge in [0.15, 0.2) is 0 Å². The van der Waals surface area contributed by atoms with Crippen LogP contribution in [-0.2, 0) is 19.1 Å². The Bertz CT molecular complexity index is 770. The maximum Gasteiger partial charge on any atom is 0.310 e. The number of allylic oxidation sites excluding steroid dienone is 1. The first-order chi connectivity index (χ1) is 16.4. The molecule has 0 bridgehead atoms. The maximum atomic E-state index is 13.8. The Morgan fingerprint density at radius 1 is 1.06 bits per heavy atom. The maximum absolute atomic E-state index is 13.8. The third-order valence-corrected chi connectivity index (χ3v) is 7.15. The predicted molar refractivity (Wildman–Crippen MR) is 137 cm³/mol. The van der Waals surface area contributed by atoms with E-state index in [1.165, 1.54) is 0 Å². The SMILES string of the molecule is CCOC(=O)[C@H]1[C@@H]2C(=O)N(CCCCCCO)[C@H](C(=O)NC(C)(C)CC(C)(C)C)[C@H]2C=C[C@H]1CC. The number of amides is 2. The Labute approximate surface area is 212 Å². The average molecular weight is 493 g/mol. The fourth-order valence-corrected chi connectivity index (χ4v) is 6.21. The molecule has 0 radical (unpaired) electrons. The Kier molecular flexibility index (Phi) is 10.4. The van der Waals surface area contributed by atoms with E-state index in [0.717, 1.165) is 38.5 Å². The highest BCUT2D eigenvalue weighted by Crippen LogP contribution is 2.45. The zero-order chi connectivity index (χ0) is 26.4. The molecule has 7 heteroatoms. The minimum atomic E-state index is -0.643. The largest absolute Gasteiger partial charge is 0.466 e. The molecular weight excluding hydrogens is 444 g/mol. The molecule has 5 atom stereocenters. The second-order valence-electron chi connectivity index (χ2n) is 12.1. The summed E-state index contributed by atoms with van der Waals surface area (Å²) >= 11 is 0. The number of fused-ring (bicyclic) bond motifs is 1. The number of rotatable bonds is 12. The number of hydrogen-bond donors (Lipinski definition) is 2. The van der Waals surface area contributed by atoms with Gasteiger partial charge in [0.1, 0.15) is 6.04 Å². The molecule has 0 aromatic heterocycles. The lowest BCUT2D eigenvalue weighted by Gasteiger charge is -2.37. The molecule has 35 heavy (non-hydrogen) atoms. The monoisotopic (exact) mass is 492 g/mol. The molecule has 1 aliphatic carbocycles. The number of hydrogen-bond acceptors (Lipinski definition) is 5. The summed E-state index contributed by atoms with van der Waals surface area (Å²) in [7, 11) is 0. The third-order valence-electron chi connectivity index (χ3n) is 7.15. The second-order valence-corrected chi connectivity index (χ2v) is 12.1. The van der Waals surface area contributed by atoms with Gasteiger partial charge in [-0.2, -0.15) is 0 Å². The average Bonchev–Trinajstić information content (AvgIpc) is 3.02. The number of carbonyl (C=O) groups is 3. The minimum absolute atomic E-state index is 0.0330. The standard InChI is InChI=1S/C28H48N2O5/c1-8-19-14-15-20-22(21(19)26(34)35-9-2)25(33)30(16-12-10-11-13-17-31)23(20)24(32)29-28(6,7)18-27(3,4)5/h14-15,19-23,31H,8-13,16-18H2,1-7H3,(H,29,32)/t19-,20+,21-,22-,23+/m1/s1. The van der Waals surface area contributed by atoms with Gasteiger partial charge in [-0.25, -0.2) is 0 Å². The summed E-state index contributed by atoms with van der Waals surface area (Å²) in [5.41, 5.74) is -0.403. The molecule has 0 unspecified atom stereocenters. The van der Waals surface area contributed by atoms with Crippen molar-refractivity contribution in [1.29, 1.82) is 0 Å². The molecule has 200 valence electrons. The van der Waals surface area contributed by atoms with E-state index in [9.17, 15) is 14.4 Å². The van der Waals surface area contributed by atoms with Gasteiger partial charge in [0.05, 0.1) is 18.4 Å². The zero-order valence-corrected chi connectivity index (χ0v) is 22.9. The van der Waals surface area contributed by atoms with Crippen molar-refractivity contribution in [2.75, 3.05) is 19.8 Å². The summed E-state index contributed by atoms with van der Waals surface area (Å²) < 4.78 is 5.39. The van der Waals surface area contributed by atoms with Crippen molar-refractivity contribution in [3.8, 4) is 0 Å². The number of ether oxygens (including phenoxy) is 1. The zero-order valence-electron chi connectivity index (χ0n) is 22.9. The molecule has 0 aromatic rings. The van der Waals surface area contributed by atoms with Crippen molar-refractivity contribution in [2.24, 2.45) is 29.1 Å². The van der Waals surface area contributed by atoms with Crippen LogP contribution in [0.1, 0.15) is 87.0 Å². The van der Waals surface area contributed by atoms with E-state index in [0.29, 0.717) is 6.54 Å². The van der Waals surface area contributed by atoms with Gasteiger partial charge in [-0.05, 0) is 57.8 Å². The van der Waals surface area contributed by atoms with Crippen molar-refractivity contribution in [3.63, 3.8) is 0 Å². The van der Waals surface area contributed by atoms with Crippen molar-refractivity contribution < 1.29 is 24.2 Å². The third kappa shape index (κ3) is 7.55. The van der Waals surface area contributed by atoms with Crippen LogP contribution in [0, 0.1) is 29.1 Å².